The number of nitrogens with zero attached hydrogens (tertiary/aromatic N) is 3. The number of aromatic amines is 1. The van der Waals surface area contributed by atoms with Crippen LogP contribution in [-0.2, 0) is 4.79 Å². The molecule has 1 aliphatic rings. The van der Waals surface area contributed by atoms with Gasteiger partial charge in [-0.25, -0.2) is 19.3 Å². The number of carbonyl (C=O) groups is 1. The van der Waals surface area contributed by atoms with Crippen molar-refractivity contribution >= 4 is 17.4 Å². The minimum absolute atomic E-state index is 0.0255. The van der Waals surface area contributed by atoms with Crippen LogP contribution in [0.5, 0.6) is 0 Å². The highest BCUT2D eigenvalue weighted by molar-refractivity contribution is 5.79. The molecule has 0 spiro atoms. The molecule has 0 aromatic carbocycles. The molecule has 3 N–H and O–H groups in total. The Kier molecular flexibility index (Phi) is 2.29. The first kappa shape index (κ1) is 10.8. The quantitative estimate of drug-likeness (QED) is 0.634. The zero-order chi connectivity index (χ0) is 12.7. The van der Waals surface area contributed by atoms with Crippen molar-refractivity contribution in [2.75, 3.05) is 11.9 Å². The fraction of sp³-hybridized carbons (Fsp3) is 0.400. The topological polar surface area (TPSA) is 104 Å². The summed E-state index contributed by atoms with van der Waals surface area (Å²) in [5.41, 5.74) is 0.201. The average Bonchev–Trinajstić information content (AvgIpc) is 2.86. The number of fused-ring (bicyclic) bond motifs is 1. The molecule has 1 aliphatic heterocycles. The number of anilines is 1. The Labute approximate surface area is 101 Å². The number of carbonyl (C=O) groups excluding carboxylic acids is 1. The molecule has 2 aromatic heterocycles. The maximum atomic E-state index is 11.4. The smallest absolute Gasteiger partial charge is 0.349 e. The monoisotopic (exact) mass is 248 g/mol. The van der Waals surface area contributed by atoms with Gasteiger partial charge in [0.05, 0.1) is 6.04 Å². The SMILES string of the molecule is Cc1nc(NC2CNC(=O)C2)cc2n[nH]c(=O)n12. The van der Waals surface area contributed by atoms with Crippen LogP contribution in [-0.4, -0.2) is 38.1 Å². The van der Waals surface area contributed by atoms with E-state index in [0.29, 0.717) is 30.3 Å². The van der Waals surface area contributed by atoms with Crippen molar-refractivity contribution in [3.05, 3.63) is 22.4 Å². The van der Waals surface area contributed by atoms with Crippen LogP contribution in [0.25, 0.3) is 5.65 Å². The van der Waals surface area contributed by atoms with E-state index in [1.807, 2.05) is 0 Å². The van der Waals surface area contributed by atoms with Crippen molar-refractivity contribution in [1.29, 1.82) is 0 Å². The maximum absolute atomic E-state index is 11.4. The second-order valence-electron chi connectivity index (χ2n) is 4.26. The Morgan fingerprint density at radius 2 is 2.33 bits per heavy atom. The number of rotatable bonds is 2. The van der Waals surface area contributed by atoms with Gasteiger partial charge in [0.2, 0.25) is 5.91 Å². The van der Waals surface area contributed by atoms with E-state index in [4.69, 9.17) is 0 Å². The lowest BCUT2D eigenvalue weighted by Crippen LogP contribution is -2.23. The first-order valence-corrected chi connectivity index (χ1v) is 5.61. The second-order valence-corrected chi connectivity index (χ2v) is 4.26. The number of hydrogen-bond donors (Lipinski definition) is 3. The van der Waals surface area contributed by atoms with Crippen LogP contribution in [0.1, 0.15) is 12.2 Å². The molecule has 8 nitrogen and oxygen atoms in total. The Morgan fingerprint density at radius 1 is 1.50 bits per heavy atom. The van der Waals surface area contributed by atoms with Crippen LogP contribution in [0, 0.1) is 6.92 Å². The Balaban J connectivity index is 1.93. The van der Waals surface area contributed by atoms with Crippen molar-refractivity contribution < 1.29 is 4.79 Å². The molecular formula is C10H12N6O2. The van der Waals surface area contributed by atoms with Crippen molar-refractivity contribution in [3.8, 4) is 0 Å². The lowest BCUT2D eigenvalue weighted by atomic mass is 10.2. The van der Waals surface area contributed by atoms with E-state index in [-0.39, 0.29) is 17.6 Å². The molecule has 1 amide bonds. The Hall–Kier alpha value is -2.38. The molecule has 1 saturated heterocycles. The van der Waals surface area contributed by atoms with Crippen molar-refractivity contribution in [1.82, 2.24) is 24.9 Å². The van der Waals surface area contributed by atoms with Crippen molar-refractivity contribution in [2.24, 2.45) is 0 Å². The van der Waals surface area contributed by atoms with Gasteiger partial charge in [-0.15, -0.1) is 0 Å². The van der Waals surface area contributed by atoms with E-state index < -0.39 is 0 Å². The summed E-state index contributed by atoms with van der Waals surface area (Å²) in [4.78, 5) is 26.8. The molecule has 3 heterocycles. The summed E-state index contributed by atoms with van der Waals surface area (Å²) in [6, 6.07) is 1.70. The molecule has 1 unspecified atom stereocenters. The highest BCUT2D eigenvalue weighted by Crippen LogP contribution is 2.12. The van der Waals surface area contributed by atoms with Crippen molar-refractivity contribution in [3.63, 3.8) is 0 Å². The number of aryl methyl sites for hydroxylation is 1. The standard InChI is InChI=1S/C10H12N6O2/c1-5-12-7(13-6-2-9(17)11-4-6)3-8-14-15-10(18)16(5)8/h3,6,13H,2,4H2,1H3,(H,11,17)(H,15,18). The molecule has 3 rings (SSSR count). The Bertz CT molecular complexity index is 673. The zero-order valence-corrected chi connectivity index (χ0v) is 9.73. The molecule has 1 atom stereocenters. The molecule has 0 saturated carbocycles. The summed E-state index contributed by atoms with van der Waals surface area (Å²) < 4.78 is 1.39. The predicted octanol–water partition coefficient (Wildman–Crippen LogP) is -0.974. The van der Waals surface area contributed by atoms with Gasteiger partial charge in [0.1, 0.15) is 11.6 Å². The molecule has 8 heteroatoms. The molecular weight excluding hydrogens is 236 g/mol. The van der Waals surface area contributed by atoms with Gasteiger partial charge in [-0.1, -0.05) is 0 Å². The summed E-state index contributed by atoms with van der Waals surface area (Å²) in [6.07, 6.45) is 0.430. The van der Waals surface area contributed by atoms with Gasteiger partial charge in [0.25, 0.3) is 0 Å². The lowest BCUT2D eigenvalue weighted by Gasteiger charge is -2.11. The summed E-state index contributed by atoms with van der Waals surface area (Å²) in [5, 5.41) is 12.1. The number of hydrogen-bond acceptors (Lipinski definition) is 5. The minimum atomic E-state index is -0.306. The van der Waals surface area contributed by atoms with Gasteiger partial charge in [-0.2, -0.15) is 5.10 Å². The predicted molar refractivity (Wildman–Crippen MR) is 63.4 cm³/mol. The first-order chi connectivity index (χ1) is 8.63. The molecule has 1 fully saturated rings. The summed E-state index contributed by atoms with van der Waals surface area (Å²) in [5.74, 6) is 1.19. The number of amides is 1. The summed E-state index contributed by atoms with van der Waals surface area (Å²) in [6.45, 7) is 2.31. The third kappa shape index (κ3) is 1.71. The third-order valence-electron chi connectivity index (χ3n) is 2.90. The zero-order valence-electron chi connectivity index (χ0n) is 9.73. The van der Waals surface area contributed by atoms with Gasteiger partial charge in [0.15, 0.2) is 5.65 Å². The first-order valence-electron chi connectivity index (χ1n) is 5.61. The van der Waals surface area contributed by atoms with Crippen LogP contribution in [0.15, 0.2) is 10.9 Å². The van der Waals surface area contributed by atoms with Crippen LogP contribution in [0.2, 0.25) is 0 Å². The lowest BCUT2D eigenvalue weighted by molar-refractivity contribution is -0.119. The van der Waals surface area contributed by atoms with E-state index in [1.165, 1.54) is 4.40 Å². The normalized spacial score (nSPS) is 19.2. The van der Waals surface area contributed by atoms with Crippen LogP contribution in [0.3, 0.4) is 0 Å². The third-order valence-corrected chi connectivity index (χ3v) is 2.90. The summed E-state index contributed by atoms with van der Waals surface area (Å²) in [7, 11) is 0. The Morgan fingerprint density at radius 3 is 3.06 bits per heavy atom. The minimum Gasteiger partial charge on any atom is -0.365 e. The van der Waals surface area contributed by atoms with E-state index >= 15 is 0 Å². The molecule has 2 aromatic rings. The fourth-order valence-electron chi connectivity index (χ4n) is 2.09. The summed E-state index contributed by atoms with van der Waals surface area (Å²) >= 11 is 0. The maximum Gasteiger partial charge on any atom is 0.349 e. The van der Waals surface area contributed by atoms with Crippen LogP contribution in [0.4, 0.5) is 5.82 Å². The highest BCUT2D eigenvalue weighted by atomic mass is 16.2. The van der Waals surface area contributed by atoms with Gasteiger partial charge in [0, 0.05) is 19.0 Å². The van der Waals surface area contributed by atoms with Crippen LogP contribution < -0.4 is 16.3 Å². The van der Waals surface area contributed by atoms with E-state index in [0.717, 1.165) is 0 Å². The molecule has 0 aliphatic carbocycles. The number of nitrogens with one attached hydrogen (secondary N) is 3. The molecule has 0 bridgehead atoms. The number of aromatic nitrogens is 4. The highest BCUT2D eigenvalue weighted by Gasteiger charge is 2.21. The number of H-pyrrole nitrogens is 1. The van der Waals surface area contributed by atoms with Gasteiger partial charge >= 0.3 is 5.69 Å². The van der Waals surface area contributed by atoms with E-state index in [2.05, 4.69) is 25.8 Å². The van der Waals surface area contributed by atoms with Crippen molar-refractivity contribution in [2.45, 2.75) is 19.4 Å². The molecule has 0 radical (unpaired) electrons. The fourth-order valence-corrected chi connectivity index (χ4v) is 2.09. The van der Waals surface area contributed by atoms with Gasteiger partial charge in [-0.3, -0.25) is 4.79 Å². The largest absolute Gasteiger partial charge is 0.365 e. The van der Waals surface area contributed by atoms with E-state index in [9.17, 15) is 9.59 Å². The second kappa shape index (κ2) is 3.83. The molecule has 18 heavy (non-hydrogen) atoms. The van der Waals surface area contributed by atoms with E-state index in [1.54, 1.807) is 13.0 Å². The van der Waals surface area contributed by atoms with Crippen LogP contribution >= 0.6 is 0 Å². The average molecular weight is 248 g/mol. The molecule has 94 valence electrons. The van der Waals surface area contributed by atoms with Gasteiger partial charge in [-0.05, 0) is 6.92 Å². The van der Waals surface area contributed by atoms with Gasteiger partial charge < -0.3 is 10.6 Å².